The number of methoxy groups -OCH3 is 1. The Bertz CT molecular complexity index is 772. The van der Waals surface area contributed by atoms with E-state index >= 15 is 0 Å². The molecule has 30 heavy (non-hydrogen) atoms. The number of hydrogen-bond donors (Lipinski definition) is 0. The van der Waals surface area contributed by atoms with Gasteiger partial charge < -0.3 is 4.74 Å². The fourth-order valence-corrected chi connectivity index (χ4v) is 8.04. The van der Waals surface area contributed by atoms with Gasteiger partial charge in [-0.15, -0.1) is 0 Å². The third-order valence-corrected chi connectivity index (χ3v) is 9.94. The van der Waals surface area contributed by atoms with Crippen molar-refractivity contribution in [1.29, 1.82) is 0 Å². The number of rotatable bonds is 4. The van der Waals surface area contributed by atoms with Crippen LogP contribution in [0.1, 0.15) is 78.6 Å². The van der Waals surface area contributed by atoms with Crippen LogP contribution in [0.2, 0.25) is 0 Å². The van der Waals surface area contributed by atoms with Crippen LogP contribution in [0.25, 0.3) is 0 Å². The van der Waals surface area contributed by atoms with Crippen LogP contribution in [-0.4, -0.2) is 30.4 Å². The highest BCUT2D eigenvalue weighted by molar-refractivity contribution is 5.93. The highest BCUT2D eigenvalue weighted by atomic mass is 16.5. The second kappa shape index (κ2) is 7.56. The van der Waals surface area contributed by atoms with Gasteiger partial charge in [-0.05, 0) is 60.7 Å². The number of ether oxygens (including phenoxy) is 1. The van der Waals surface area contributed by atoms with Crippen LogP contribution < -0.4 is 0 Å². The van der Waals surface area contributed by atoms with E-state index in [4.69, 9.17) is 4.74 Å². The Morgan fingerprint density at radius 3 is 2.53 bits per heavy atom. The van der Waals surface area contributed by atoms with Crippen LogP contribution in [0.15, 0.2) is 0 Å². The molecule has 4 unspecified atom stereocenters. The van der Waals surface area contributed by atoms with Gasteiger partial charge in [0.1, 0.15) is 17.3 Å². The largest absolute Gasteiger partial charge is 0.469 e. The van der Waals surface area contributed by atoms with E-state index in [9.17, 15) is 19.2 Å². The second-order valence-electron chi connectivity index (χ2n) is 11.0. The molecule has 0 aromatic rings. The Kier molecular flexibility index (Phi) is 5.47. The number of carbonyl (C=O) groups excluding carboxylic acids is 4. The summed E-state index contributed by atoms with van der Waals surface area (Å²) in [7, 11) is 1.41. The van der Waals surface area contributed by atoms with Crippen molar-refractivity contribution in [2.24, 2.45) is 46.3 Å². The van der Waals surface area contributed by atoms with Crippen molar-refractivity contribution in [3.8, 4) is 0 Å². The topological polar surface area (TPSA) is 77.5 Å². The standard InChI is InChI=1S/C25H36O5/c1-14(5-8-22(29)30-4)17-6-7-18-23-19(13-21(28)25(17,18)3)24(2)10-9-16(26)11-15(24)12-20(23)27/h14-15,17-19,23H,5-13H2,1-4H3/t14-,15?,17?,18+,19+,23?,24+,25?/m1/s1. The summed E-state index contributed by atoms with van der Waals surface area (Å²) in [5.41, 5.74) is -0.544. The molecule has 4 fully saturated rings. The Morgan fingerprint density at radius 1 is 1.10 bits per heavy atom. The first-order valence-electron chi connectivity index (χ1n) is 11.8. The molecule has 4 aliphatic carbocycles. The fraction of sp³-hybridized carbons (Fsp3) is 0.840. The SMILES string of the molecule is COC(=O)CC[C@@H](C)C1CC[C@H]2C3C(=O)CC4CC(=O)CC[C@]4(C)[C@H]3CC(=O)C12C. The van der Waals surface area contributed by atoms with E-state index in [1.165, 1.54) is 7.11 Å². The highest BCUT2D eigenvalue weighted by Crippen LogP contribution is 2.66. The maximum absolute atomic E-state index is 13.7. The Labute approximate surface area is 179 Å². The summed E-state index contributed by atoms with van der Waals surface area (Å²) in [5.74, 6) is 1.41. The van der Waals surface area contributed by atoms with Crippen LogP contribution in [0.4, 0.5) is 0 Å². The minimum Gasteiger partial charge on any atom is -0.469 e. The van der Waals surface area contributed by atoms with Crippen LogP contribution in [0, 0.1) is 46.3 Å². The molecular formula is C25H36O5. The number of hydrogen-bond acceptors (Lipinski definition) is 5. The molecule has 4 saturated carbocycles. The van der Waals surface area contributed by atoms with E-state index in [-0.39, 0.29) is 52.7 Å². The molecule has 0 saturated heterocycles. The molecule has 0 aromatic carbocycles. The van der Waals surface area contributed by atoms with Gasteiger partial charge in [-0.2, -0.15) is 0 Å². The van der Waals surface area contributed by atoms with Crippen LogP contribution in [-0.2, 0) is 23.9 Å². The van der Waals surface area contributed by atoms with E-state index in [2.05, 4.69) is 20.8 Å². The number of ketones is 3. The zero-order valence-electron chi connectivity index (χ0n) is 18.9. The molecule has 0 aromatic heterocycles. The lowest BCUT2D eigenvalue weighted by atomic mass is 9.44. The summed E-state index contributed by atoms with van der Waals surface area (Å²) in [6, 6.07) is 0. The lowest BCUT2D eigenvalue weighted by Gasteiger charge is -2.58. The molecule has 0 aliphatic heterocycles. The summed E-state index contributed by atoms with van der Waals surface area (Å²) < 4.78 is 4.80. The first kappa shape index (κ1) is 21.7. The molecule has 0 bridgehead atoms. The predicted molar refractivity (Wildman–Crippen MR) is 111 cm³/mol. The van der Waals surface area contributed by atoms with E-state index in [0.29, 0.717) is 43.7 Å². The van der Waals surface area contributed by atoms with Gasteiger partial charge in [-0.3, -0.25) is 19.2 Å². The Balaban J connectivity index is 1.60. The lowest BCUT2D eigenvalue weighted by Crippen LogP contribution is -2.60. The van der Waals surface area contributed by atoms with Gasteiger partial charge in [0, 0.05) is 43.4 Å². The predicted octanol–water partition coefficient (Wildman–Crippen LogP) is 4.16. The quantitative estimate of drug-likeness (QED) is 0.643. The molecule has 4 rings (SSSR count). The normalized spacial score (nSPS) is 44.1. The van der Waals surface area contributed by atoms with Gasteiger partial charge in [0.05, 0.1) is 7.11 Å². The van der Waals surface area contributed by atoms with Crippen LogP contribution in [0.3, 0.4) is 0 Å². The smallest absolute Gasteiger partial charge is 0.305 e. The van der Waals surface area contributed by atoms with Crippen molar-refractivity contribution < 1.29 is 23.9 Å². The molecule has 0 radical (unpaired) electrons. The van der Waals surface area contributed by atoms with Gasteiger partial charge >= 0.3 is 5.97 Å². The molecule has 8 atom stereocenters. The van der Waals surface area contributed by atoms with Crippen molar-refractivity contribution in [1.82, 2.24) is 0 Å². The molecule has 5 nitrogen and oxygen atoms in total. The first-order chi connectivity index (χ1) is 14.1. The average molecular weight is 417 g/mol. The third kappa shape index (κ3) is 3.10. The number of Topliss-reactive ketones (excluding diaryl/α,β-unsaturated/α-hetero) is 3. The van der Waals surface area contributed by atoms with Crippen molar-refractivity contribution in [2.75, 3.05) is 7.11 Å². The molecule has 166 valence electrons. The van der Waals surface area contributed by atoms with Crippen molar-refractivity contribution >= 4 is 23.3 Å². The minimum atomic E-state index is -0.472. The Morgan fingerprint density at radius 2 is 1.83 bits per heavy atom. The second-order valence-corrected chi connectivity index (χ2v) is 11.0. The molecule has 0 spiro atoms. The zero-order chi connectivity index (χ0) is 21.8. The number of fused-ring (bicyclic) bond motifs is 5. The molecule has 5 heteroatoms. The zero-order valence-corrected chi connectivity index (χ0v) is 18.9. The minimum absolute atomic E-state index is 0.0417. The summed E-state index contributed by atoms with van der Waals surface area (Å²) >= 11 is 0. The molecule has 0 amide bonds. The van der Waals surface area contributed by atoms with Crippen LogP contribution >= 0.6 is 0 Å². The third-order valence-electron chi connectivity index (χ3n) is 9.94. The summed E-state index contributed by atoms with van der Waals surface area (Å²) in [6.45, 7) is 6.50. The summed E-state index contributed by atoms with van der Waals surface area (Å²) in [6.07, 6.45) is 5.87. The van der Waals surface area contributed by atoms with E-state index in [0.717, 1.165) is 25.7 Å². The number of carbonyl (C=O) groups is 4. The van der Waals surface area contributed by atoms with Gasteiger partial charge in [0.2, 0.25) is 0 Å². The highest BCUT2D eigenvalue weighted by Gasteiger charge is 2.66. The molecule has 0 N–H and O–H groups in total. The first-order valence-corrected chi connectivity index (χ1v) is 11.8. The maximum atomic E-state index is 13.7. The summed E-state index contributed by atoms with van der Waals surface area (Å²) in [5, 5.41) is 0. The van der Waals surface area contributed by atoms with E-state index < -0.39 is 5.41 Å². The lowest BCUT2D eigenvalue weighted by molar-refractivity contribution is -0.166. The monoisotopic (exact) mass is 416 g/mol. The van der Waals surface area contributed by atoms with E-state index in [1.807, 2.05) is 0 Å². The molecule has 0 heterocycles. The van der Waals surface area contributed by atoms with E-state index in [1.54, 1.807) is 0 Å². The molecular weight excluding hydrogens is 380 g/mol. The van der Waals surface area contributed by atoms with Gasteiger partial charge in [-0.1, -0.05) is 20.8 Å². The van der Waals surface area contributed by atoms with Gasteiger partial charge in [0.25, 0.3) is 0 Å². The van der Waals surface area contributed by atoms with Gasteiger partial charge in [-0.25, -0.2) is 0 Å². The molecule has 4 aliphatic rings. The van der Waals surface area contributed by atoms with Crippen molar-refractivity contribution in [3.05, 3.63) is 0 Å². The summed E-state index contributed by atoms with van der Waals surface area (Å²) in [4.78, 5) is 50.7. The average Bonchev–Trinajstić information content (AvgIpc) is 3.06. The van der Waals surface area contributed by atoms with Crippen molar-refractivity contribution in [2.45, 2.75) is 78.6 Å². The van der Waals surface area contributed by atoms with Crippen LogP contribution in [0.5, 0.6) is 0 Å². The maximum Gasteiger partial charge on any atom is 0.305 e. The Hall–Kier alpha value is -1.52. The van der Waals surface area contributed by atoms with Gasteiger partial charge in [0.15, 0.2) is 0 Å². The fourth-order valence-electron chi connectivity index (χ4n) is 8.04. The van der Waals surface area contributed by atoms with Crippen molar-refractivity contribution in [3.63, 3.8) is 0 Å². The number of esters is 1.